The Bertz CT molecular complexity index is 471. The van der Waals surface area contributed by atoms with Crippen molar-refractivity contribution in [3.05, 3.63) is 47.8 Å². The minimum atomic E-state index is 0.348. The van der Waals surface area contributed by atoms with Crippen LogP contribution in [0.2, 0.25) is 0 Å². The van der Waals surface area contributed by atoms with Gasteiger partial charge in [-0.1, -0.05) is 18.2 Å². The third kappa shape index (κ3) is 2.35. The molecular formula is C12H13N3O. The zero-order valence-electron chi connectivity index (χ0n) is 9.05. The smallest absolute Gasteiger partial charge is 0.322 e. The lowest BCUT2D eigenvalue weighted by Gasteiger charge is -2.06. The van der Waals surface area contributed by atoms with Crippen LogP contribution >= 0.6 is 0 Å². The summed E-state index contributed by atoms with van der Waals surface area (Å²) >= 11 is 0. The Kier molecular flexibility index (Phi) is 3.12. The lowest BCUT2D eigenvalue weighted by Crippen LogP contribution is -2.03. The second-order valence-corrected chi connectivity index (χ2v) is 3.38. The highest BCUT2D eigenvalue weighted by Gasteiger charge is 2.03. The highest BCUT2D eigenvalue weighted by atomic mass is 16.5. The lowest BCUT2D eigenvalue weighted by atomic mass is 10.2. The van der Waals surface area contributed by atoms with E-state index in [9.17, 15) is 0 Å². The minimum Gasteiger partial charge on any atom is -0.424 e. The van der Waals surface area contributed by atoms with E-state index in [1.54, 1.807) is 6.20 Å². The molecule has 0 atom stereocenters. The number of ether oxygens (including phenoxy) is 1. The van der Waals surface area contributed by atoms with Crippen molar-refractivity contribution in [2.24, 2.45) is 5.73 Å². The third-order valence-electron chi connectivity index (χ3n) is 2.23. The number of benzene rings is 1. The molecule has 0 bridgehead atoms. The van der Waals surface area contributed by atoms with E-state index >= 15 is 0 Å². The van der Waals surface area contributed by atoms with Gasteiger partial charge in [0.1, 0.15) is 5.75 Å². The topological polar surface area (TPSA) is 61.0 Å². The van der Waals surface area contributed by atoms with Gasteiger partial charge in [-0.2, -0.15) is 4.98 Å². The fourth-order valence-corrected chi connectivity index (χ4v) is 1.31. The highest BCUT2D eigenvalue weighted by molar-refractivity contribution is 5.25. The highest BCUT2D eigenvalue weighted by Crippen LogP contribution is 2.17. The van der Waals surface area contributed by atoms with Crippen LogP contribution in [0.1, 0.15) is 11.3 Å². The Morgan fingerprint density at radius 3 is 2.62 bits per heavy atom. The molecule has 0 aliphatic carbocycles. The summed E-state index contributed by atoms with van der Waals surface area (Å²) in [5, 5.41) is 0. The van der Waals surface area contributed by atoms with E-state index in [1.807, 2.05) is 37.3 Å². The molecular weight excluding hydrogens is 202 g/mol. The Labute approximate surface area is 94.1 Å². The second-order valence-electron chi connectivity index (χ2n) is 3.38. The quantitative estimate of drug-likeness (QED) is 0.851. The van der Waals surface area contributed by atoms with Gasteiger partial charge in [-0.15, -0.1) is 0 Å². The summed E-state index contributed by atoms with van der Waals surface area (Å²) in [6.45, 7) is 2.33. The van der Waals surface area contributed by atoms with E-state index in [4.69, 9.17) is 10.5 Å². The second kappa shape index (κ2) is 4.72. The molecule has 0 saturated carbocycles. The molecule has 1 aromatic carbocycles. The summed E-state index contributed by atoms with van der Waals surface area (Å²) < 4.78 is 5.50. The molecule has 82 valence electrons. The number of nitrogens with zero attached hydrogens (tertiary/aromatic N) is 2. The first kappa shape index (κ1) is 10.6. The number of rotatable bonds is 3. The van der Waals surface area contributed by atoms with E-state index < -0.39 is 0 Å². The number of aryl methyl sites for hydroxylation is 1. The number of hydrogen-bond acceptors (Lipinski definition) is 4. The van der Waals surface area contributed by atoms with Crippen molar-refractivity contribution in [1.29, 1.82) is 0 Å². The predicted octanol–water partition coefficient (Wildman–Crippen LogP) is 2.04. The van der Waals surface area contributed by atoms with Crippen molar-refractivity contribution >= 4 is 0 Å². The average Bonchev–Trinajstić information content (AvgIpc) is 2.31. The summed E-state index contributed by atoms with van der Waals surface area (Å²) in [5.41, 5.74) is 7.31. The number of aromatic nitrogens is 2. The van der Waals surface area contributed by atoms with Crippen LogP contribution in [0.4, 0.5) is 0 Å². The molecule has 0 aliphatic rings. The Morgan fingerprint density at radius 2 is 2.00 bits per heavy atom. The molecule has 2 rings (SSSR count). The van der Waals surface area contributed by atoms with Crippen molar-refractivity contribution in [2.75, 3.05) is 0 Å². The molecule has 0 spiro atoms. The van der Waals surface area contributed by atoms with Crippen LogP contribution in [0, 0.1) is 6.92 Å². The van der Waals surface area contributed by atoms with Gasteiger partial charge in [-0.05, 0) is 19.1 Å². The number of hydrogen-bond donors (Lipinski definition) is 1. The standard InChI is InChI=1S/C12H13N3O/c1-9-10(7-13)8-14-12(15-9)16-11-5-3-2-4-6-11/h2-6,8H,7,13H2,1H3. The van der Waals surface area contributed by atoms with Crippen molar-refractivity contribution in [3.8, 4) is 11.8 Å². The Hall–Kier alpha value is -1.94. The Balaban J connectivity index is 2.20. The van der Waals surface area contributed by atoms with Crippen molar-refractivity contribution in [2.45, 2.75) is 13.5 Å². The SMILES string of the molecule is Cc1nc(Oc2ccccc2)ncc1CN. The summed E-state index contributed by atoms with van der Waals surface area (Å²) in [4.78, 5) is 8.32. The van der Waals surface area contributed by atoms with Crippen LogP contribution in [0.15, 0.2) is 36.5 Å². The molecule has 1 aromatic heterocycles. The summed E-state index contributed by atoms with van der Waals surface area (Å²) in [7, 11) is 0. The van der Waals surface area contributed by atoms with Gasteiger partial charge >= 0.3 is 6.01 Å². The van der Waals surface area contributed by atoms with E-state index in [1.165, 1.54) is 0 Å². The largest absolute Gasteiger partial charge is 0.424 e. The molecule has 0 fully saturated rings. The lowest BCUT2D eigenvalue weighted by molar-refractivity contribution is 0.439. The first-order chi connectivity index (χ1) is 7.79. The molecule has 2 aromatic rings. The molecule has 0 radical (unpaired) electrons. The van der Waals surface area contributed by atoms with Gasteiger partial charge < -0.3 is 10.5 Å². The van der Waals surface area contributed by atoms with Crippen molar-refractivity contribution in [1.82, 2.24) is 9.97 Å². The average molecular weight is 215 g/mol. The van der Waals surface area contributed by atoms with Crippen LogP contribution in [-0.2, 0) is 6.54 Å². The van der Waals surface area contributed by atoms with Crippen LogP contribution in [-0.4, -0.2) is 9.97 Å². The zero-order chi connectivity index (χ0) is 11.4. The zero-order valence-corrected chi connectivity index (χ0v) is 9.05. The van der Waals surface area contributed by atoms with Gasteiger partial charge in [0.15, 0.2) is 0 Å². The maximum atomic E-state index is 5.53. The summed E-state index contributed by atoms with van der Waals surface area (Å²) in [6.07, 6.45) is 1.70. The molecule has 1 heterocycles. The minimum absolute atomic E-state index is 0.348. The normalized spacial score (nSPS) is 10.1. The van der Waals surface area contributed by atoms with E-state index in [0.717, 1.165) is 17.0 Å². The van der Waals surface area contributed by atoms with E-state index in [0.29, 0.717) is 12.6 Å². The first-order valence-corrected chi connectivity index (χ1v) is 5.05. The van der Waals surface area contributed by atoms with Crippen LogP contribution < -0.4 is 10.5 Å². The van der Waals surface area contributed by atoms with Gasteiger partial charge in [-0.25, -0.2) is 4.98 Å². The van der Waals surface area contributed by atoms with Gasteiger partial charge in [0, 0.05) is 24.0 Å². The molecule has 4 nitrogen and oxygen atoms in total. The van der Waals surface area contributed by atoms with Crippen LogP contribution in [0.3, 0.4) is 0 Å². The molecule has 0 unspecified atom stereocenters. The monoisotopic (exact) mass is 215 g/mol. The van der Waals surface area contributed by atoms with Crippen molar-refractivity contribution in [3.63, 3.8) is 0 Å². The molecule has 0 amide bonds. The summed E-state index contributed by atoms with van der Waals surface area (Å²) in [5.74, 6) is 0.724. The van der Waals surface area contributed by atoms with Gasteiger partial charge in [0.05, 0.1) is 0 Å². The maximum absolute atomic E-state index is 5.53. The van der Waals surface area contributed by atoms with Crippen molar-refractivity contribution < 1.29 is 4.74 Å². The number of nitrogens with two attached hydrogens (primary N) is 1. The molecule has 0 aliphatic heterocycles. The first-order valence-electron chi connectivity index (χ1n) is 5.05. The molecule has 16 heavy (non-hydrogen) atoms. The third-order valence-corrected chi connectivity index (χ3v) is 2.23. The van der Waals surface area contributed by atoms with E-state index in [-0.39, 0.29) is 0 Å². The Morgan fingerprint density at radius 1 is 1.25 bits per heavy atom. The van der Waals surface area contributed by atoms with Gasteiger partial charge in [0.2, 0.25) is 0 Å². The van der Waals surface area contributed by atoms with Crippen LogP contribution in [0.5, 0.6) is 11.8 Å². The van der Waals surface area contributed by atoms with E-state index in [2.05, 4.69) is 9.97 Å². The molecule has 2 N–H and O–H groups in total. The fraction of sp³-hybridized carbons (Fsp3) is 0.167. The van der Waals surface area contributed by atoms with Crippen LogP contribution in [0.25, 0.3) is 0 Å². The fourth-order valence-electron chi connectivity index (χ4n) is 1.31. The van der Waals surface area contributed by atoms with Gasteiger partial charge in [-0.3, -0.25) is 0 Å². The van der Waals surface area contributed by atoms with Gasteiger partial charge in [0.25, 0.3) is 0 Å². The predicted molar refractivity (Wildman–Crippen MR) is 61.2 cm³/mol. The summed E-state index contributed by atoms with van der Waals surface area (Å²) in [6, 6.07) is 9.79. The molecule has 4 heteroatoms. The molecule has 0 saturated heterocycles. The number of para-hydroxylation sites is 1. The maximum Gasteiger partial charge on any atom is 0.322 e.